The van der Waals surface area contributed by atoms with Crippen molar-refractivity contribution in [2.75, 3.05) is 0 Å². The minimum Gasteiger partial charge on any atom is -0.436 e. The lowest BCUT2D eigenvalue weighted by molar-refractivity contribution is 0.0735. The summed E-state index contributed by atoms with van der Waals surface area (Å²) in [7, 11) is 0. The van der Waals surface area contributed by atoms with Crippen LogP contribution in [0.4, 0.5) is 5.69 Å². The van der Waals surface area contributed by atoms with E-state index in [1.807, 2.05) is 61.5 Å². The van der Waals surface area contributed by atoms with E-state index >= 15 is 0 Å². The van der Waals surface area contributed by atoms with Crippen molar-refractivity contribution in [3.63, 3.8) is 0 Å². The van der Waals surface area contributed by atoms with E-state index in [0.717, 1.165) is 33.5 Å². The molecule has 166 valence electrons. The van der Waals surface area contributed by atoms with Gasteiger partial charge in [-0.15, -0.1) is 0 Å². The second kappa shape index (κ2) is 9.33. The first-order valence-electron chi connectivity index (χ1n) is 10.6. The SMILES string of the molecule is Cc1ccc2oc(-c3cccc(N=Cc4ccc(OC(=O)c5ccc(Cl)cc5)cc4)c3)nc2c1. The van der Waals surface area contributed by atoms with Crippen molar-refractivity contribution in [3.05, 3.63) is 113 Å². The average Bonchev–Trinajstić information content (AvgIpc) is 3.27. The molecule has 0 fully saturated rings. The number of oxazole rings is 1. The molecule has 0 radical (unpaired) electrons. The predicted molar refractivity (Wildman–Crippen MR) is 134 cm³/mol. The Morgan fingerprint density at radius 3 is 2.56 bits per heavy atom. The Bertz CT molecular complexity index is 1500. The van der Waals surface area contributed by atoms with Crippen LogP contribution in [0.25, 0.3) is 22.6 Å². The maximum absolute atomic E-state index is 12.2. The molecule has 0 aliphatic rings. The molecule has 1 heterocycles. The van der Waals surface area contributed by atoms with Gasteiger partial charge in [-0.1, -0.05) is 23.7 Å². The van der Waals surface area contributed by atoms with Crippen molar-refractivity contribution >= 4 is 40.6 Å². The lowest BCUT2D eigenvalue weighted by Crippen LogP contribution is -2.08. The molecule has 5 aromatic rings. The van der Waals surface area contributed by atoms with Gasteiger partial charge in [-0.25, -0.2) is 9.78 Å². The van der Waals surface area contributed by atoms with Gasteiger partial charge in [-0.05, 0) is 96.9 Å². The van der Waals surface area contributed by atoms with Crippen LogP contribution >= 0.6 is 11.6 Å². The largest absolute Gasteiger partial charge is 0.436 e. The lowest BCUT2D eigenvalue weighted by Gasteiger charge is -2.04. The third-order valence-electron chi connectivity index (χ3n) is 5.17. The van der Waals surface area contributed by atoms with E-state index in [1.165, 1.54) is 0 Å². The number of aryl methyl sites for hydroxylation is 1. The Balaban J connectivity index is 1.28. The molecule has 0 bridgehead atoms. The molecule has 0 spiro atoms. The second-order valence-corrected chi connectivity index (χ2v) is 8.20. The summed E-state index contributed by atoms with van der Waals surface area (Å²) >= 11 is 5.86. The van der Waals surface area contributed by atoms with Crippen LogP contribution < -0.4 is 4.74 Å². The Morgan fingerprint density at radius 1 is 0.971 bits per heavy atom. The topological polar surface area (TPSA) is 64.7 Å². The van der Waals surface area contributed by atoms with Gasteiger partial charge in [0.2, 0.25) is 5.89 Å². The van der Waals surface area contributed by atoms with Crippen LogP contribution in [0.15, 0.2) is 100 Å². The van der Waals surface area contributed by atoms with E-state index in [0.29, 0.717) is 22.2 Å². The number of halogens is 1. The van der Waals surface area contributed by atoms with Crippen molar-refractivity contribution in [1.82, 2.24) is 4.98 Å². The smallest absolute Gasteiger partial charge is 0.343 e. The van der Waals surface area contributed by atoms with Crippen molar-refractivity contribution in [1.29, 1.82) is 0 Å². The fraction of sp³-hybridized carbons (Fsp3) is 0.0357. The number of carbonyl (C=O) groups excluding carboxylic acids is 1. The van der Waals surface area contributed by atoms with Crippen molar-refractivity contribution < 1.29 is 13.9 Å². The monoisotopic (exact) mass is 466 g/mol. The third-order valence-corrected chi connectivity index (χ3v) is 5.42. The van der Waals surface area contributed by atoms with Gasteiger partial charge in [0.25, 0.3) is 0 Å². The summed E-state index contributed by atoms with van der Waals surface area (Å²) in [6.07, 6.45) is 1.75. The Labute approximate surface area is 201 Å². The summed E-state index contributed by atoms with van der Waals surface area (Å²) in [6, 6.07) is 27.3. The molecule has 0 aliphatic carbocycles. The van der Waals surface area contributed by atoms with Gasteiger partial charge in [0, 0.05) is 16.8 Å². The fourth-order valence-electron chi connectivity index (χ4n) is 3.40. The molecule has 5 rings (SSSR count). The molecule has 0 atom stereocenters. The number of carbonyl (C=O) groups is 1. The average molecular weight is 467 g/mol. The maximum Gasteiger partial charge on any atom is 0.343 e. The number of aliphatic imine (C=N–C) groups is 1. The summed E-state index contributed by atoms with van der Waals surface area (Å²) in [5, 5.41) is 0.565. The number of rotatable bonds is 5. The van der Waals surface area contributed by atoms with Crippen LogP contribution in [-0.4, -0.2) is 17.2 Å². The standard InChI is InChI=1S/C28H19ClN2O3/c1-18-5-14-26-25(15-18)31-27(34-26)21-3-2-4-23(16-21)30-17-19-6-12-24(13-7-19)33-28(32)20-8-10-22(29)11-9-20/h2-17H,1H3. The van der Waals surface area contributed by atoms with E-state index < -0.39 is 5.97 Å². The van der Waals surface area contributed by atoms with Crippen LogP contribution in [0.5, 0.6) is 5.75 Å². The molecule has 0 aliphatic heterocycles. The van der Waals surface area contributed by atoms with Crippen LogP contribution in [0, 0.1) is 6.92 Å². The molecule has 0 N–H and O–H groups in total. The summed E-state index contributed by atoms with van der Waals surface area (Å²) in [6.45, 7) is 2.03. The number of hydrogen-bond donors (Lipinski definition) is 0. The third kappa shape index (κ3) is 4.90. The van der Waals surface area contributed by atoms with Crippen molar-refractivity contribution in [3.8, 4) is 17.2 Å². The number of benzene rings is 4. The van der Waals surface area contributed by atoms with Crippen LogP contribution in [0.3, 0.4) is 0 Å². The highest BCUT2D eigenvalue weighted by Crippen LogP contribution is 2.27. The summed E-state index contributed by atoms with van der Waals surface area (Å²) in [5.41, 5.74) is 5.66. The van der Waals surface area contributed by atoms with E-state index in [-0.39, 0.29) is 0 Å². The van der Waals surface area contributed by atoms with Crippen molar-refractivity contribution in [2.45, 2.75) is 6.92 Å². The number of aromatic nitrogens is 1. The molecule has 4 aromatic carbocycles. The first-order chi connectivity index (χ1) is 16.5. The zero-order valence-corrected chi connectivity index (χ0v) is 19.0. The fourth-order valence-corrected chi connectivity index (χ4v) is 3.53. The molecule has 0 saturated heterocycles. The normalized spacial score (nSPS) is 11.2. The number of nitrogens with zero attached hydrogens (tertiary/aromatic N) is 2. The predicted octanol–water partition coefficient (Wildman–Crippen LogP) is 7.43. The first kappa shape index (κ1) is 21.6. The van der Waals surface area contributed by atoms with Crippen molar-refractivity contribution in [2.24, 2.45) is 4.99 Å². The van der Waals surface area contributed by atoms with Gasteiger partial charge in [0.05, 0.1) is 11.3 Å². The Kier molecular flexibility index (Phi) is 5.93. The molecule has 0 saturated carbocycles. The highest BCUT2D eigenvalue weighted by atomic mass is 35.5. The molecular formula is C28H19ClN2O3. The first-order valence-corrected chi connectivity index (χ1v) is 11.0. The zero-order valence-electron chi connectivity index (χ0n) is 18.2. The summed E-state index contributed by atoms with van der Waals surface area (Å²) in [4.78, 5) is 21.4. The minimum atomic E-state index is -0.441. The van der Waals surface area contributed by atoms with Crippen LogP contribution in [0.2, 0.25) is 5.02 Å². The Hall–Kier alpha value is -4.22. The molecule has 1 aromatic heterocycles. The molecule has 0 amide bonds. The maximum atomic E-state index is 12.2. The van der Waals surface area contributed by atoms with E-state index in [2.05, 4.69) is 9.98 Å². The summed E-state index contributed by atoms with van der Waals surface area (Å²) < 4.78 is 11.3. The van der Waals surface area contributed by atoms with Gasteiger partial charge in [0.15, 0.2) is 5.58 Å². The number of esters is 1. The van der Waals surface area contributed by atoms with Gasteiger partial charge < -0.3 is 9.15 Å². The number of fused-ring (bicyclic) bond motifs is 1. The zero-order chi connectivity index (χ0) is 23.5. The molecule has 5 nitrogen and oxygen atoms in total. The molecule has 0 unspecified atom stereocenters. The van der Waals surface area contributed by atoms with Crippen LogP contribution in [0.1, 0.15) is 21.5 Å². The lowest BCUT2D eigenvalue weighted by atomic mass is 10.2. The molecular weight excluding hydrogens is 448 g/mol. The van der Waals surface area contributed by atoms with E-state index in [9.17, 15) is 4.79 Å². The van der Waals surface area contributed by atoms with Gasteiger partial charge in [-0.2, -0.15) is 0 Å². The van der Waals surface area contributed by atoms with E-state index in [4.69, 9.17) is 20.8 Å². The molecule has 34 heavy (non-hydrogen) atoms. The van der Waals surface area contributed by atoms with E-state index in [1.54, 1.807) is 42.6 Å². The quantitative estimate of drug-likeness (QED) is 0.153. The Morgan fingerprint density at radius 2 is 1.76 bits per heavy atom. The second-order valence-electron chi connectivity index (χ2n) is 7.76. The number of ether oxygens (including phenoxy) is 1. The number of hydrogen-bond acceptors (Lipinski definition) is 5. The van der Waals surface area contributed by atoms with Crippen LogP contribution in [-0.2, 0) is 0 Å². The van der Waals surface area contributed by atoms with Gasteiger partial charge in [0.1, 0.15) is 11.3 Å². The summed E-state index contributed by atoms with van der Waals surface area (Å²) in [5.74, 6) is 0.569. The molecule has 6 heteroatoms. The highest BCUT2D eigenvalue weighted by molar-refractivity contribution is 6.30. The van der Waals surface area contributed by atoms with Gasteiger partial charge >= 0.3 is 5.97 Å². The highest BCUT2D eigenvalue weighted by Gasteiger charge is 2.10. The van der Waals surface area contributed by atoms with Gasteiger partial charge in [-0.3, -0.25) is 4.99 Å². The minimum absolute atomic E-state index is 0.434.